The Morgan fingerprint density at radius 2 is 1.20 bits per heavy atom. The van der Waals surface area contributed by atoms with Crippen LogP contribution in [-0.2, 0) is 27.9 Å². The van der Waals surface area contributed by atoms with E-state index in [0.29, 0.717) is 19.3 Å². The Morgan fingerprint density at radius 3 is 1.83 bits per heavy atom. The summed E-state index contributed by atoms with van der Waals surface area (Å²) in [5, 5.41) is 20.2. The highest BCUT2D eigenvalue weighted by Gasteiger charge is 2.24. The van der Waals surface area contributed by atoms with Gasteiger partial charge < -0.3 is 30.3 Å². The van der Waals surface area contributed by atoms with Crippen LogP contribution in [0.4, 0.5) is 0 Å². The molecule has 0 aliphatic rings. The second-order valence-corrected chi connectivity index (χ2v) is 15.1. The summed E-state index contributed by atoms with van der Waals surface area (Å²) in [5.74, 6) is -0.479. The van der Waals surface area contributed by atoms with Crippen molar-refractivity contribution in [1.29, 1.82) is 0 Å². The van der Waals surface area contributed by atoms with Crippen molar-refractivity contribution in [1.82, 2.24) is 0 Å². The van der Waals surface area contributed by atoms with E-state index in [4.69, 9.17) is 24.3 Å². The van der Waals surface area contributed by atoms with Crippen molar-refractivity contribution in [2.75, 3.05) is 26.4 Å². The van der Waals surface area contributed by atoms with Gasteiger partial charge in [0.2, 0.25) is 0 Å². The normalized spacial score (nSPS) is 15.4. The van der Waals surface area contributed by atoms with E-state index in [1.54, 1.807) is 36.5 Å². The molecule has 0 fully saturated rings. The average molecular weight is 782 g/mol. The van der Waals surface area contributed by atoms with E-state index in [-0.39, 0.29) is 32.8 Å². The molecule has 0 bridgehead atoms. The summed E-state index contributed by atoms with van der Waals surface area (Å²) in [7, 11) is -4.33. The molecule has 312 valence electrons. The standard InChI is InChI=1S/C43H76NO9P/c1-3-5-7-9-11-12-13-14-15-16-17-18-19-20-24-28-36-50-42(39-53-54(48,49)52-37-35-44)38-51-43(47)34-29-33-41(46)32-27-23-22-26-31-40(45)30-25-21-10-8-6-4-2/h12-13,21-23,25-28,31-32,36,40-42,45-46H,3-11,14-20,24,29-30,33-35,37-39,44H2,1-2H3,(H,48,49)/b13-12-,23-22+,25-21-,31-26+,32-27-,36-28+/t40-,41-,42-/m1/s1. The van der Waals surface area contributed by atoms with E-state index in [1.165, 1.54) is 89.7 Å². The number of phosphoric ester groups is 1. The first kappa shape index (κ1) is 51.7. The minimum absolute atomic E-state index is 0.0614. The first-order valence-corrected chi connectivity index (χ1v) is 22.2. The molecule has 11 heteroatoms. The van der Waals surface area contributed by atoms with E-state index >= 15 is 0 Å². The molecule has 0 radical (unpaired) electrons. The summed E-state index contributed by atoms with van der Waals surface area (Å²) in [6.45, 7) is 3.83. The van der Waals surface area contributed by atoms with Crippen molar-refractivity contribution in [2.24, 2.45) is 5.73 Å². The number of ether oxygens (including phenoxy) is 2. The van der Waals surface area contributed by atoms with Gasteiger partial charge in [-0.15, -0.1) is 0 Å². The second kappa shape index (κ2) is 39.0. The van der Waals surface area contributed by atoms with E-state index in [0.717, 1.165) is 25.7 Å². The van der Waals surface area contributed by atoms with Crippen molar-refractivity contribution in [3.05, 3.63) is 73.1 Å². The van der Waals surface area contributed by atoms with Gasteiger partial charge in [0.05, 0.1) is 31.7 Å². The molecule has 0 aromatic carbocycles. The lowest BCUT2D eigenvalue weighted by molar-refractivity contribution is -0.147. The van der Waals surface area contributed by atoms with Gasteiger partial charge in [0.15, 0.2) is 6.10 Å². The highest BCUT2D eigenvalue weighted by Crippen LogP contribution is 2.43. The van der Waals surface area contributed by atoms with Crippen LogP contribution < -0.4 is 5.73 Å². The first-order chi connectivity index (χ1) is 26.2. The Kier molecular flexibility index (Phi) is 37.3. The molecule has 10 nitrogen and oxygen atoms in total. The molecule has 0 spiro atoms. The van der Waals surface area contributed by atoms with Crippen LogP contribution in [0.2, 0.25) is 0 Å². The molecule has 0 saturated carbocycles. The summed E-state index contributed by atoms with van der Waals surface area (Å²) in [6.07, 6.45) is 42.2. The van der Waals surface area contributed by atoms with Crippen LogP contribution in [0.3, 0.4) is 0 Å². The number of carbonyl (C=O) groups excluding carboxylic acids is 1. The van der Waals surface area contributed by atoms with Crippen molar-refractivity contribution in [2.45, 2.75) is 167 Å². The van der Waals surface area contributed by atoms with Crippen molar-refractivity contribution < 1.29 is 43.0 Å². The van der Waals surface area contributed by atoms with Crippen LogP contribution in [0.15, 0.2) is 73.1 Å². The lowest BCUT2D eigenvalue weighted by atomic mass is 10.1. The predicted molar refractivity (Wildman–Crippen MR) is 222 cm³/mol. The Labute approximate surface area is 328 Å². The summed E-state index contributed by atoms with van der Waals surface area (Å²) >= 11 is 0. The third-order valence-corrected chi connectivity index (χ3v) is 9.36. The lowest BCUT2D eigenvalue weighted by Crippen LogP contribution is -2.25. The fourth-order valence-corrected chi connectivity index (χ4v) is 5.93. The average Bonchev–Trinajstić information content (AvgIpc) is 3.15. The van der Waals surface area contributed by atoms with Crippen molar-refractivity contribution in [3.8, 4) is 0 Å². The van der Waals surface area contributed by atoms with Gasteiger partial charge in [0, 0.05) is 13.0 Å². The monoisotopic (exact) mass is 782 g/mol. The van der Waals surface area contributed by atoms with Gasteiger partial charge in [-0.05, 0) is 76.7 Å². The minimum atomic E-state index is -4.33. The van der Waals surface area contributed by atoms with Crippen LogP contribution in [0.25, 0.3) is 0 Å². The van der Waals surface area contributed by atoms with Gasteiger partial charge in [0.25, 0.3) is 0 Å². The Morgan fingerprint density at radius 1 is 0.667 bits per heavy atom. The third-order valence-electron chi connectivity index (χ3n) is 8.38. The fourth-order valence-electron chi connectivity index (χ4n) is 5.17. The number of rotatable bonds is 38. The summed E-state index contributed by atoms with van der Waals surface area (Å²) in [5.41, 5.74) is 5.34. The molecule has 0 aliphatic carbocycles. The third kappa shape index (κ3) is 38.0. The maximum Gasteiger partial charge on any atom is 0.472 e. The van der Waals surface area contributed by atoms with Gasteiger partial charge in [-0.3, -0.25) is 13.8 Å². The molecule has 0 aromatic rings. The summed E-state index contributed by atoms with van der Waals surface area (Å²) in [4.78, 5) is 22.3. The number of phosphoric acid groups is 1. The number of carbonyl (C=O) groups is 1. The van der Waals surface area contributed by atoms with E-state index in [2.05, 4.69) is 32.1 Å². The number of hydrogen-bond acceptors (Lipinski definition) is 9. The van der Waals surface area contributed by atoms with E-state index in [9.17, 15) is 24.5 Å². The quantitative estimate of drug-likeness (QED) is 0.0119. The smallest absolute Gasteiger partial charge is 0.472 e. The molecule has 1 unspecified atom stereocenters. The fraction of sp³-hybridized carbons (Fsp3) is 0.698. The minimum Gasteiger partial charge on any atom is -0.492 e. The number of unbranched alkanes of at least 4 members (excludes halogenated alkanes) is 14. The zero-order valence-corrected chi connectivity index (χ0v) is 34.5. The lowest BCUT2D eigenvalue weighted by Gasteiger charge is -2.19. The molecule has 4 atom stereocenters. The number of nitrogens with two attached hydrogens (primary N) is 1. The van der Waals surface area contributed by atoms with Crippen LogP contribution >= 0.6 is 7.82 Å². The number of allylic oxidation sites excluding steroid dienone is 8. The largest absolute Gasteiger partial charge is 0.492 e. The Balaban J connectivity index is 4.40. The molecule has 0 aliphatic heterocycles. The van der Waals surface area contributed by atoms with Crippen LogP contribution in [0.1, 0.15) is 149 Å². The molecular formula is C43H76NO9P. The van der Waals surface area contributed by atoms with Gasteiger partial charge in [-0.1, -0.05) is 132 Å². The molecular weight excluding hydrogens is 705 g/mol. The number of esters is 1. The van der Waals surface area contributed by atoms with Gasteiger partial charge in [-0.25, -0.2) is 4.57 Å². The molecule has 0 rings (SSSR count). The second-order valence-electron chi connectivity index (χ2n) is 13.6. The van der Waals surface area contributed by atoms with Gasteiger partial charge in [-0.2, -0.15) is 0 Å². The topological polar surface area (TPSA) is 158 Å². The summed E-state index contributed by atoms with van der Waals surface area (Å²) in [6, 6.07) is 0. The molecule has 0 amide bonds. The zero-order chi connectivity index (χ0) is 39.8. The molecule has 0 aromatic heterocycles. The summed E-state index contributed by atoms with van der Waals surface area (Å²) < 4.78 is 33.0. The van der Waals surface area contributed by atoms with Crippen molar-refractivity contribution >= 4 is 13.8 Å². The number of aliphatic hydroxyl groups excluding tert-OH is 2. The highest BCUT2D eigenvalue weighted by molar-refractivity contribution is 7.47. The van der Waals surface area contributed by atoms with Gasteiger partial charge in [0.1, 0.15) is 6.61 Å². The molecule has 0 saturated heterocycles. The Hall–Kier alpha value is -2.30. The molecule has 0 heterocycles. The maximum atomic E-state index is 12.4. The van der Waals surface area contributed by atoms with E-state index < -0.39 is 32.1 Å². The number of aliphatic hydroxyl groups is 2. The van der Waals surface area contributed by atoms with E-state index in [1.807, 2.05) is 12.2 Å². The molecule has 54 heavy (non-hydrogen) atoms. The van der Waals surface area contributed by atoms with Crippen LogP contribution in [-0.4, -0.2) is 65.8 Å². The number of hydrogen-bond donors (Lipinski definition) is 4. The zero-order valence-electron chi connectivity index (χ0n) is 33.7. The van der Waals surface area contributed by atoms with Crippen LogP contribution in [0, 0.1) is 0 Å². The predicted octanol–water partition coefficient (Wildman–Crippen LogP) is 10.3. The van der Waals surface area contributed by atoms with Gasteiger partial charge >= 0.3 is 13.8 Å². The first-order valence-electron chi connectivity index (χ1n) is 20.7. The molecule has 5 N–H and O–H groups in total. The SMILES string of the molecule is CCCCC/C=C\C[C@@H](O)/C=C/C=C/C=C\[C@@H](O)CCCC(=O)OC[C@H](COP(=O)(O)OCCN)O/C=C/CCCCCCCC/C=C\CCCCCC. The Bertz CT molecular complexity index is 1090. The highest BCUT2D eigenvalue weighted by atomic mass is 31.2. The van der Waals surface area contributed by atoms with Crippen molar-refractivity contribution in [3.63, 3.8) is 0 Å². The maximum absolute atomic E-state index is 12.4. The van der Waals surface area contributed by atoms with Crippen LogP contribution in [0.5, 0.6) is 0 Å².